The van der Waals surface area contributed by atoms with Crippen molar-refractivity contribution in [2.24, 2.45) is 0 Å². The van der Waals surface area contributed by atoms with Crippen molar-refractivity contribution in [3.8, 4) is 11.4 Å². The average Bonchev–Trinajstić information content (AvgIpc) is 2.78. The van der Waals surface area contributed by atoms with Gasteiger partial charge in [-0.05, 0) is 30.3 Å². The number of fused-ring (bicyclic) bond motifs is 1. The Bertz CT molecular complexity index is 783. The Morgan fingerprint density at radius 2 is 1.84 bits per heavy atom. The van der Waals surface area contributed by atoms with Crippen LogP contribution in [0.1, 0.15) is 0 Å². The molecule has 2 nitrogen and oxygen atoms in total. The van der Waals surface area contributed by atoms with Crippen molar-refractivity contribution in [3.05, 3.63) is 52.8 Å². The monoisotopic (exact) mass is 282 g/mol. The van der Waals surface area contributed by atoms with Gasteiger partial charge in [-0.1, -0.05) is 11.6 Å². The minimum atomic E-state index is -1.03. The highest BCUT2D eigenvalue weighted by Gasteiger charge is 2.14. The van der Waals surface area contributed by atoms with E-state index in [0.29, 0.717) is 11.1 Å². The number of nitrogens with zero attached hydrogens (tertiary/aromatic N) is 1. The summed E-state index contributed by atoms with van der Waals surface area (Å²) in [5.41, 5.74) is 0.642. The molecule has 0 amide bonds. The number of rotatable bonds is 1. The second kappa shape index (κ2) is 4.28. The maximum atomic E-state index is 13.5. The Hall–Kier alpha value is -2.01. The van der Waals surface area contributed by atoms with Gasteiger partial charge in [0.25, 0.3) is 0 Å². The fourth-order valence-corrected chi connectivity index (χ4v) is 2.08. The second-order valence-electron chi connectivity index (χ2n) is 3.97. The molecule has 0 atom stereocenters. The highest BCUT2D eigenvalue weighted by Crippen LogP contribution is 2.29. The number of aromatic nitrogens is 2. The van der Waals surface area contributed by atoms with E-state index in [0.717, 1.165) is 12.1 Å². The molecule has 1 aromatic heterocycles. The van der Waals surface area contributed by atoms with Crippen LogP contribution in [0.25, 0.3) is 22.4 Å². The van der Waals surface area contributed by atoms with Gasteiger partial charge in [0, 0.05) is 5.56 Å². The van der Waals surface area contributed by atoms with Crippen LogP contribution in [0.15, 0.2) is 30.3 Å². The summed E-state index contributed by atoms with van der Waals surface area (Å²) < 4.78 is 39.6. The molecule has 0 aliphatic carbocycles. The normalized spacial score (nSPS) is 11.2. The first-order valence-electron chi connectivity index (χ1n) is 5.35. The van der Waals surface area contributed by atoms with E-state index in [1.54, 1.807) is 0 Å². The topological polar surface area (TPSA) is 28.7 Å². The highest BCUT2D eigenvalue weighted by atomic mass is 35.5. The molecule has 96 valence electrons. The van der Waals surface area contributed by atoms with Gasteiger partial charge in [0.1, 0.15) is 17.2 Å². The summed E-state index contributed by atoms with van der Waals surface area (Å²) in [6.45, 7) is 0. The van der Waals surface area contributed by atoms with Gasteiger partial charge in [-0.25, -0.2) is 18.2 Å². The lowest BCUT2D eigenvalue weighted by Crippen LogP contribution is -1.85. The van der Waals surface area contributed by atoms with Crippen LogP contribution in [0, 0.1) is 17.5 Å². The number of benzene rings is 2. The molecule has 6 heteroatoms. The molecule has 3 aromatic rings. The number of hydrogen-bond donors (Lipinski definition) is 1. The largest absolute Gasteiger partial charge is 0.338 e. The number of imidazole rings is 1. The molecule has 0 radical (unpaired) electrons. The molecule has 3 rings (SSSR count). The molecule has 1 N–H and O–H groups in total. The molecule has 0 unspecified atom stereocenters. The van der Waals surface area contributed by atoms with Crippen molar-refractivity contribution in [1.29, 1.82) is 0 Å². The van der Waals surface area contributed by atoms with E-state index in [1.165, 1.54) is 18.2 Å². The van der Waals surface area contributed by atoms with Gasteiger partial charge in [-0.15, -0.1) is 0 Å². The van der Waals surface area contributed by atoms with Crippen LogP contribution in [0.2, 0.25) is 5.02 Å². The summed E-state index contributed by atoms with van der Waals surface area (Å²) in [4.78, 5) is 6.77. The third-order valence-corrected chi connectivity index (χ3v) is 3.04. The summed E-state index contributed by atoms with van der Waals surface area (Å²) in [6, 6.07) is 6.14. The van der Waals surface area contributed by atoms with Gasteiger partial charge in [0.15, 0.2) is 11.6 Å². The van der Waals surface area contributed by atoms with Crippen LogP contribution >= 0.6 is 11.6 Å². The zero-order valence-corrected chi connectivity index (χ0v) is 10.1. The minimum absolute atomic E-state index is 0.115. The van der Waals surface area contributed by atoms with Gasteiger partial charge in [0.2, 0.25) is 0 Å². The predicted octanol–water partition coefficient (Wildman–Crippen LogP) is 4.30. The number of H-pyrrole nitrogens is 1. The van der Waals surface area contributed by atoms with E-state index in [2.05, 4.69) is 9.97 Å². The summed E-state index contributed by atoms with van der Waals surface area (Å²) in [5, 5.41) is 0.139. The number of nitrogens with one attached hydrogen (secondary N) is 1. The summed E-state index contributed by atoms with van der Waals surface area (Å²) in [5.74, 6) is -2.24. The molecule has 0 aliphatic heterocycles. The molecule has 0 saturated heterocycles. The molecule has 1 heterocycles. The van der Waals surface area contributed by atoms with E-state index < -0.39 is 17.5 Å². The Labute approximate surface area is 110 Å². The van der Waals surface area contributed by atoms with Gasteiger partial charge in [-0.3, -0.25) is 0 Å². The summed E-state index contributed by atoms with van der Waals surface area (Å²) >= 11 is 5.89. The number of halogens is 4. The summed E-state index contributed by atoms with van der Waals surface area (Å²) in [7, 11) is 0. The zero-order valence-electron chi connectivity index (χ0n) is 9.35. The zero-order chi connectivity index (χ0) is 13.6. The van der Waals surface area contributed by atoms with Gasteiger partial charge in [0.05, 0.1) is 10.5 Å². The minimum Gasteiger partial charge on any atom is -0.338 e. The molecule has 0 saturated carbocycles. The van der Waals surface area contributed by atoms with Crippen LogP contribution in [-0.4, -0.2) is 9.97 Å². The first kappa shape index (κ1) is 12.0. The first-order chi connectivity index (χ1) is 9.06. The maximum absolute atomic E-state index is 13.5. The Morgan fingerprint density at radius 1 is 1.05 bits per heavy atom. The molecule has 0 bridgehead atoms. The molecule has 0 fully saturated rings. The van der Waals surface area contributed by atoms with Crippen LogP contribution in [0.4, 0.5) is 13.2 Å². The third-order valence-electron chi connectivity index (χ3n) is 2.73. The lowest BCUT2D eigenvalue weighted by molar-refractivity contribution is 0.515. The van der Waals surface area contributed by atoms with Crippen molar-refractivity contribution in [3.63, 3.8) is 0 Å². The fraction of sp³-hybridized carbons (Fsp3) is 0. The van der Waals surface area contributed by atoms with E-state index in [-0.39, 0.29) is 16.4 Å². The number of hydrogen-bond acceptors (Lipinski definition) is 1. The van der Waals surface area contributed by atoms with Crippen molar-refractivity contribution in [1.82, 2.24) is 9.97 Å². The van der Waals surface area contributed by atoms with Crippen LogP contribution in [-0.2, 0) is 0 Å². The summed E-state index contributed by atoms with van der Waals surface area (Å²) in [6.07, 6.45) is 0. The Morgan fingerprint density at radius 3 is 2.58 bits per heavy atom. The standard InChI is InChI=1S/C13H6ClF3N2/c14-8-5-6(15)1-2-7(8)13-18-10-4-3-9(16)11(17)12(10)19-13/h1-5H,(H,18,19). The lowest BCUT2D eigenvalue weighted by Gasteiger charge is -1.99. The van der Waals surface area contributed by atoms with Gasteiger partial charge in [-0.2, -0.15) is 0 Å². The fourth-order valence-electron chi connectivity index (χ4n) is 1.83. The van der Waals surface area contributed by atoms with E-state index in [1.807, 2.05) is 0 Å². The molecular weight excluding hydrogens is 277 g/mol. The quantitative estimate of drug-likeness (QED) is 0.708. The van der Waals surface area contributed by atoms with Gasteiger partial charge >= 0.3 is 0 Å². The highest BCUT2D eigenvalue weighted by molar-refractivity contribution is 6.33. The van der Waals surface area contributed by atoms with Crippen LogP contribution < -0.4 is 0 Å². The molecule has 0 spiro atoms. The van der Waals surface area contributed by atoms with Crippen LogP contribution in [0.5, 0.6) is 0 Å². The molecule has 19 heavy (non-hydrogen) atoms. The number of aromatic amines is 1. The molecule has 2 aromatic carbocycles. The van der Waals surface area contributed by atoms with Gasteiger partial charge < -0.3 is 4.98 Å². The SMILES string of the molecule is Fc1ccc(-c2nc3c(F)c(F)ccc3[nH]2)c(Cl)c1. The third kappa shape index (κ3) is 1.96. The van der Waals surface area contributed by atoms with Crippen molar-refractivity contribution in [2.75, 3.05) is 0 Å². The Kier molecular flexibility index (Phi) is 2.71. The Balaban J connectivity index is 2.23. The van der Waals surface area contributed by atoms with Crippen molar-refractivity contribution < 1.29 is 13.2 Å². The van der Waals surface area contributed by atoms with E-state index >= 15 is 0 Å². The first-order valence-corrected chi connectivity index (χ1v) is 5.73. The van der Waals surface area contributed by atoms with E-state index in [4.69, 9.17) is 11.6 Å². The predicted molar refractivity (Wildman–Crippen MR) is 66.4 cm³/mol. The average molecular weight is 283 g/mol. The maximum Gasteiger partial charge on any atom is 0.186 e. The smallest absolute Gasteiger partial charge is 0.186 e. The van der Waals surface area contributed by atoms with Crippen molar-refractivity contribution >= 4 is 22.6 Å². The van der Waals surface area contributed by atoms with Crippen molar-refractivity contribution in [2.45, 2.75) is 0 Å². The molecular formula is C13H6ClF3N2. The lowest BCUT2D eigenvalue weighted by atomic mass is 10.2. The molecule has 0 aliphatic rings. The second-order valence-corrected chi connectivity index (χ2v) is 4.37. The van der Waals surface area contributed by atoms with E-state index in [9.17, 15) is 13.2 Å². The van der Waals surface area contributed by atoms with Crippen LogP contribution in [0.3, 0.4) is 0 Å².